The van der Waals surface area contributed by atoms with Gasteiger partial charge in [0.1, 0.15) is 11.5 Å². The van der Waals surface area contributed by atoms with Gasteiger partial charge < -0.3 is 20.3 Å². The normalized spacial score (nSPS) is 11.5. The molecule has 0 spiro atoms. The van der Waals surface area contributed by atoms with Crippen LogP contribution in [0.15, 0.2) is 42.5 Å². The Bertz CT molecular complexity index is 620. The Hall–Kier alpha value is -1.75. The lowest BCUT2D eigenvalue weighted by Crippen LogP contribution is -2.13. The van der Waals surface area contributed by atoms with E-state index in [0.717, 1.165) is 30.6 Å². The van der Waals surface area contributed by atoms with Gasteiger partial charge in [0, 0.05) is 12.1 Å². The summed E-state index contributed by atoms with van der Waals surface area (Å²) in [6, 6.07) is 14.2. The molecule has 0 saturated carbocycles. The number of halogens is 1. The van der Waals surface area contributed by atoms with Gasteiger partial charge in [-0.1, -0.05) is 30.3 Å². The largest absolute Gasteiger partial charge is 0.496 e. The molecular weight excluding hydrogens is 326 g/mol. The van der Waals surface area contributed by atoms with Crippen LogP contribution in [0.3, 0.4) is 0 Å². The minimum atomic E-state index is -0.753. The van der Waals surface area contributed by atoms with E-state index < -0.39 is 6.10 Å². The quantitative estimate of drug-likeness (QED) is 0.766. The average molecular weight is 352 g/mol. The monoisotopic (exact) mass is 351 g/mol. The van der Waals surface area contributed by atoms with E-state index >= 15 is 0 Å². The van der Waals surface area contributed by atoms with Crippen molar-refractivity contribution in [2.75, 3.05) is 20.8 Å². The Balaban J connectivity index is 0.00000288. The van der Waals surface area contributed by atoms with Gasteiger partial charge >= 0.3 is 0 Å². The molecule has 24 heavy (non-hydrogen) atoms. The molecule has 0 heterocycles. The zero-order valence-corrected chi connectivity index (χ0v) is 15.0. The first-order chi connectivity index (χ1) is 11.2. The minimum absolute atomic E-state index is 0. The fourth-order valence-corrected chi connectivity index (χ4v) is 2.69. The third kappa shape index (κ3) is 5.13. The summed E-state index contributed by atoms with van der Waals surface area (Å²) in [4.78, 5) is 0. The summed E-state index contributed by atoms with van der Waals surface area (Å²) in [6.45, 7) is 0.146. The summed E-state index contributed by atoms with van der Waals surface area (Å²) in [5.74, 6) is 1.42. The van der Waals surface area contributed by atoms with Crippen LogP contribution in [0.4, 0.5) is 0 Å². The Morgan fingerprint density at radius 1 is 1.00 bits per heavy atom. The molecule has 0 aliphatic carbocycles. The van der Waals surface area contributed by atoms with Gasteiger partial charge in [0.2, 0.25) is 0 Å². The molecule has 0 radical (unpaired) electrons. The van der Waals surface area contributed by atoms with Crippen molar-refractivity contribution in [1.82, 2.24) is 0 Å². The van der Waals surface area contributed by atoms with E-state index in [1.807, 2.05) is 18.2 Å². The molecule has 2 aromatic rings. The van der Waals surface area contributed by atoms with Gasteiger partial charge in [0.05, 0.1) is 20.3 Å². The summed E-state index contributed by atoms with van der Waals surface area (Å²) < 4.78 is 10.9. The average Bonchev–Trinajstić information content (AvgIpc) is 2.61. The van der Waals surface area contributed by atoms with Crippen molar-refractivity contribution in [3.05, 3.63) is 59.2 Å². The fraction of sp³-hybridized carbons (Fsp3) is 0.368. The van der Waals surface area contributed by atoms with Crippen molar-refractivity contribution < 1.29 is 14.6 Å². The van der Waals surface area contributed by atoms with Crippen LogP contribution in [0.1, 0.15) is 29.2 Å². The SMILES string of the molecule is COc1cc(C(O)CN)c(OC)cc1CCCc1ccccc1.Cl. The fourth-order valence-electron chi connectivity index (χ4n) is 2.69. The summed E-state index contributed by atoms with van der Waals surface area (Å²) in [5.41, 5.74) is 8.63. The molecule has 1 unspecified atom stereocenters. The predicted octanol–water partition coefficient (Wildman–Crippen LogP) is 3.29. The summed E-state index contributed by atoms with van der Waals surface area (Å²) in [6.07, 6.45) is 2.16. The van der Waals surface area contributed by atoms with Crippen molar-refractivity contribution in [3.63, 3.8) is 0 Å². The number of hydrogen-bond acceptors (Lipinski definition) is 4. The van der Waals surface area contributed by atoms with Crippen LogP contribution in [0.2, 0.25) is 0 Å². The van der Waals surface area contributed by atoms with Gasteiger partial charge in [-0.25, -0.2) is 0 Å². The third-order valence-corrected chi connectivity index (χ3v) is 3.97. The van der Waals surface area contributed by atoms with Crippen LogP contribution in [0.5, 0.6) is 11.5 Å². The van der Waals surface area contributed by atoms with Gasteiger partial charge in [-0.05, 0) is 42.5 Å². The summed E-state index contributed by atoms with van der Waals surface area (Å²) in [5, 5.41) is 10.0. The molecule has 0 aliphatic rings. The second kappa shape index (κ2) is 10.2. The van der Waals surface area contributed by atoms with Gasteiger partial charge in [-0.3, -0.25) is 0 Å². The molecule has 0 amide bonds. The highest BCUT2D eigenvalue weighted by atomic mass is 35.5. The van der Waals surface area contributed by atoms with Crippen LogP contribution in [0, 0.1) is 0 Å². The first-order valence-electron chi connectivity index (χ1n) is 7.86. The van der Waals surface area contributed by atoms with E-state index in [1.165, 1.54) is 5.56 Å². The molecule has 132 valence electrons. The smallest absolute Gasteiger partial charge is 0.125 e. The van der Waals surface area contributed by atoms with E-state index in [0.29, 0.717) is 11.3 Å². The molecule has 0 aliphatic heterocycles. The number of rotatable bonds is 8. The van der Waals surface area contributed by atoms with Crippen molar-refractivity contribution in [2.45, 2.75) is 25.4 Å². The number of methoxy groups -OCH3 is 2. The second-order valence-electron chi connectivity index (χ2n) is 5.50. The zero-order valence-electron chi connectivity index (χ0n) is 14.2. The van der Waals surface area contributed by atoms with Crippen molar-refractivity contribution in [3.8, 4) is 11.5 Å². The highest BCUT2D eigenvalue weighted by Crippen LogP contribution is 2.33. The maximum atomic E-state index is 10.0. The maximum absolute atomic E-state index is 10.0. The Morgan fingerprint density at radius 2 is 1.67 bits per heavy atom. The van der Waals surface area contributed by atoms with Crippen LogP contribution in [-0.2, 0) is 12.8 Å². The van der Waals surface area contributed by atoms with E-state index in [2.05, 4.69) is 24.3 Å². The number of nitrogens with two attached hydrogens (primary N) is 1. The first-order valence-corrected chi connectivity index (χ1v) is 7.86. The lowest BCUT2D eigenvalue weighted by Gasteiger charge is -2.17. The molecule has 0 fully saturated rings. The molecular formula is C19H26ClNO3. The molecule has 1 atom stereocenters. The summed E-state index contributed by atoms with van der Waals surface area (Å²) in [7, 11) is 3.24. The molecule has 2 aromatic carbocycles. The Morgan fingerprint density at radius 3 is 2.25 bits per heavy atom. The van der Waals surface area contributed by atoms with Crippen LogP contribution in [-0.4, -0.2) is 25.9 Å². The predicted molar refractivity (Wildman–Crippen MR) is 99.3 cm³/mol. The van der Waals surface area contributed by atoms with Crippen molar-refractivity contribution >= 4 is 12.4 Å². The minimum Gasteiger partial charge on any atom is -0.496 e. The van der Waals surface area contributed by atoms with Gasteiger partial charge in [0.15, 0.2) is 0 Å². The number of benzene rings is 2. The number of aryl methyl sites for hydroxylation is 2. The second-order valence-corrected chi connectivity index (χ2v) is 5.50. The van der Waals surface area contributed by atoms with Crippen molar-refractivity contribution in [1.29, 1.82) is 0 Å². The molecule has 0 saturated heterocycles. The molecule has 2 rings (SSSR count). The molecule has 0 bridgehead atoms. The Kier molecular flexibility index (Phi) is 8.61. The highest BCUT2D eigenvalue weighted by Gasteiger charge is 2.16. The lowest BCUT2D eigenvalue weighted by molar-refractivity contribution is 0.181. The van der Waals surface area contributed by atoms with Crippen LogP contribution >= 0.6 is 12.4 Å². The zero-order chi connectivity index (χ0) is 16.7. The molecule has 4 nitrogen and oxygen atoms in total. The van der Waals surface area contributed by atoms with E-state index in [-0.39, 0.29) is 19.0 Å². The molecule has 3 N–H and O–H groups in total. The highest BCUT2D eigenvalue weighted by molar-refractivity contribution is 5.85. The Labute approximate surface area is 150 Å². The third-order valence-electron chi connectivity index (χ3n) is 3.97. The van der Waals surface area contributed by atoms with Gasteiger partial charge in [-0.2, -0.15) is 0 Å². The first kappa shape index (κ1) is 20.3. The van der Waals surface area contributed by atoms with E-state index in [1.54, 1.807) is 14.2 Å². The van der Waals surface area contributed by atoms with E-state index in [9.17, 15) is 5.11 Å². The number of hydrogen-bond donors (Lipinski definition) is 2. The topological polar surface area (TPSA) is 64.7 Å². The van der Waals surface area contributed by atoms with Crippen LogP contribution < -0.4 is 15.2 Å². The van der Waals surface area contributed by atoms with Gasteiger partial charge in [-0.15, -0.1) is 12.4 Å². The summed E-state index contributed by atoms with van der Waals surface area (Å²) >= 11 is 0. The number of aliphatic hydroxyl groups is 1. The van der Waals surface area contributed by atoms with Crippen molar-refractivity contribution in [2.24, 2.45) is 5.73 Å². The molecule has 5 heteroatoms. The molecule has 0 aromatic heterocycles. The maximum Gasteiger partial charge on any atom is 0.125 e. The number of aliphatic hydroxyl groups excluding tert-OH is 1. The van der Waals surface area contributed by atoms with E-state index in [4.69, 9.17) is 15.2 Å². The standard InChI is InChI=1S/C19H25NO3.ClH/c1-22-18-12-16(17(21)13-20)19(23-2)11-15(18)10-6-9-14-7-4-3-5-8-14;/h3-5,7-8,11-12,17,21H,6,9-10,13,20H2,1-2H3;1H. The van der Waals surface area contributed by atoms with Gasteiger partial charge in [0.25, 0.3) is 0 Å². The number of ether oxygens (including phenoxy) is 2. The van der Waals surface area contributed by atoms with Crippen LogP contribution in [0.25, 0.3) is 0 Å². The lowest BCUT2D eigenvalue weighted by atomic mass is 9.99.